The fourth-order valence-electron chi connectivity index (χ4n) is 2.66. The molecule has 0 aromatic heterocycles. The third kappa shape index (κ3) is 2.55. The van der Waals surface area contributed by atoms with Crippen molar-refractivity contribution < 1.29 is 9.26 Å². The number of nitrogens with zero attached hydrogens (tertiary/aromatic N) is 1. The summed E-state index contributed by atoms with van der Waals surface area (Å²) in [6.07, 6.45) is 0. The van der Waals surface area contributed by atoms with Crippen LogP contribution in [0.3, 0.4) is 0 Å². The second-order valence-corrected chi connectivity index (χ2v) is 8.96. The zero-order chi connectivity index (χ0) is 15.6. The molecule has 0 saturated carbocycles. The van der Waals surface area contributed by atoms with Gasteiger partial charge in [0.15, 0.2) is 0 Å². The zero-order valence-electron chi connectivity index (χ0n) is 13.2. The van der Waals surface area contributed by atoms with E-state index >= 15 is 0 Å². The Kier molecular flexibility index (Phi) is 4.03. The first kappa shape index (κ1) is 15.2. The van der Waals surface area contributed by atoms with Gasteiger partial charge < -0.3 is 4.74 Å². The smallest absolute Gasteiger partial charge is 0.377 e. The predicted molar refractivity (Wildman–Crippen MR) is 93.5 cm³/mol. The summed E-state index contributed by atoms with van der Waals surface area (Å²) in [5, 5.41) is 2.25. The van der Waals surface area contributed by atoms with Crippen LogP contribution < -0.4 is 10.6 Å². The Morgan fingerprint density at radius 1 is 0.955 bits per heavy atom. The van der Waals surface area contributed by atoms with Crippen LogP contribution in [0, 0.1) is 0 Å². The molecule has 1 aliphatic heterocycles. The molecule has 22 heavy (non-hydrogen) atoms. The van der Waals surface area contributed by atoms with Gasteiger partial charge in [-0.15, -0.1) is 0 Å². The van der Waals surface area contributed by atoms with E-state index in [1.54, 1.807) is 7.11 Å². The van der Waals surface area contributed by atoms with E-state index in [2.05, 4.69) is 38.1 Å². The second kappa shape index (κ2) is 5.83. The number of hydrogen-bond acceptors (Lipinski definition) is 3. The Balaban J connectivity index is 2.23. The lowest BCUT2D eigenvalue weighted by Gasteiger charge is -2.21. The van der Waals surface area contributed by atoms with Crippen molar-refractivity contribution in [1.29, 1.82) is 0 Å². The minimum atomic E-state index is -2.28. The molecule has 114 valence electrons. The monoisotopic (exact) mass is 314 g/mol. The number of aliphatic imine (C=N–C) groups is 1. The fourth-order valence-corrected chi connectivity index (χ4v) is 5.82. The van der Waals surface area contributed by atoms with Crippen LogP contribution in [-0.2, 0) is 9.26 Å². The molecule has 0 radical (unpaired) electrons. The van der Waals surface area contributed by atoms with Gasteiger partial charge in [-0.1, -0.05) is 36.4 Å². The summed E-state index contributed by atoms with van der Waals surface area (Å²) in [5.74, 6) is 0. The molecule has 0 bridgehead atoms. The molecular weight excluding hydrogens is 293 g/mol. The van der Waals surface area contributed by atoms with Crippen molar-refractivity contribution >= 4 is 23.7 Å². The van der Waals surface area contributed by atoms with Crippen molar-refractivity contribution in [3.63, 3.8) is 0 Å². The number of ether oxygens (including phenoxy) is 1. The summed E-state index contributed by atoms with van der Waals surface area (Å²) in [7, 11) is -0.527. The number of hydrogen-bond donors (Lipinski definition) is 0. The average molecular weight is 314 g/mol. The first-order valence-corrected chi connectivity index (χ1v) is 9.08. The van der Waals surface area contributed by atoms with E-state index in [1.165, 1.54) is 0 Å². The van der Waals surface area contributed by atoms with Crippen LogP contribution in [0.2, 0.25) is 0 Å². The second-order valence-electron chi connectivity index (χ2n) is 5.96. The van der Waals surface area contributed by atoms with Crippen molar-refractivity contribution in [3.05, 3.63) is 60.7 Å². The Morgan fingerprint density at radius 3 is 1.82 bits per heavy atom. The SMILES string of the molecule is CO[P+](C1=NC(C)(C)CO1)(c1ccccc1)c1ccccc1. The van der Waals surface area contributed by atoms with E-state index in [0.717, 1.165) is 16.2 Å². The normalized spacial score (nSPS) is 17.0. The van der Waals surface area contributed by atoms with Gasteiger partial charge in [-0.05, 0) is 38.1 Å². The maximum atomic E-state index is 6.14. The van der Waals surface area contributed by atoms with Crippen LogP contribution >= 0.6 is 7.49 Å². The maximum Gasteiger partial charge on any atom is 0.377 e. The third-order valence-electron chi connectivity index (χ3n) is 3.74. The van der Waals surface area contributed by atoms with Gasteiger partial charge in [0.25, 0.3) is 7.49 Å². The summed E-state index contributed by atoms with van der Waals surface area (Å²) in [6, 6.07) is 20.6. The van der Waals surface area contributed by atoms with Crippen LogP contribution in [0.15, 0.2) is 65.7 Å². The van der Waals surface area contributed by atoms with Gasteiger partial charge in [-0.2, -0.15) is 0 Å². The Bertz CT molecular complexity index is 629. The molecule has 0 N–H and O–H groups in total. The first-order chi connectivity index (χ1) is 10.6. The minimum absolute atomic E-state index is 0.206. The highest BCUT2D eigenvalue weighted by atomic mass is 31.2. The van der Waals surface area contributed by atoms with E-state index in [-0.39, 0.29) is 5.54 Å². The third-order valence-corrected chi connectivity index (χ3v) is 7.10. The van der Waals surface area contributed by atoms with E-state index in [0.29, 0.717) is 6.61 Å². The van der Waals surface area contributed by atoms with Crippen molar-refractivity contribution in [1.82, 2.24) is 0 Å². The Morgan fingerprint density at radius 2 is 1.45 bits per heavy atom. The molecule has 0 unspecified atom stereocenters. The summed E-state index contributed by atoms with van der Waals surface area (Å²) in [5.41, 5.74) is 0.528. The summed E-state index contributed by atoms with van der Waals surface area (Å²) in [4.78, 5) is 4.84. The highest BCUT2D eigenvalue weighted by Gasteiger charge is 2.56. The number of rotatable bonds is 4. The molecule has 4 heteroatoms. The molecule has 2 aromatic rings. The number of benzene rings is 2. The van der Waals surface area contributed by atoms with Gasteiger partial charge in [-0.25, -0.2) is 9.52 Å². The van der Waals surface area contributed by atoms with Crippen LogP contribution in [0.5, 0.6) is 0 Å². The molecule has 0 aliphatic carbocycles. The van der Waals surface area contributed by atoms with Gasteiger partial charge >= 0.3 is 5.64 Å². The van der Waals surface area contributed by atoms with Gasteiger partial charge in [0.2, 0.25) is 0 Å². The lowest BCUT2D eigenvalue weighted by Crippen LogP contribution is -2.30. The maximum absolute atomic E-state index is 6.14. The quantitative estimate of drug-likeness (QED) is 0.810. The molecule has 3 rings (SSSR count). The van der Waals surface area contributed by atoms with Gasteiger partial charge in [-0.3, -0.25) is 0 Å². The van der Waals surface area contributed by atoms with E-state index in [4.69, 9.17) is 14.3 Å². The Hall–Kier alpha value is -1.70. The average Bonchev–Trinajstić information content (AvgIpc) is 2.91. The highest BCUT2D eigenvalue weighted by Crippen LogP contribution is 2.60. The van der Waals surface area contributed by atoms with Crippen LogP contribution in [-0.4, -0.2) is 24.9 Å². The topological polar surface area (TPSA) is 30.8 Å². The van der Waals surface area contributed by atoms with Gasteiger partial charge in [0.1, 0.15) is 17.2 Å². The standard InChI is InChI=1S/C18H21NO2P/c1-18(2)14-21-17(19-18)22(20-3,15-10-6-4-7-11-15)16-12-8-5-9-13-16/h4-13H,14H2,1-3H3/q+1. The zero-order valence-corrected chi connectivity index (χ0v) is 14.1. The Labute approximate surface area is 132 Å². The van der Waals surface area contributed by atoms with E-state index < -0.39 is 7.49 Å². The van der Waals surface area contributed by atoms with Crippen LogP contribution in [0.25, 0.3) is 0 Å². The van der Waals surface area contributed by atoms with Crippen LogP contribution in [0.4, 0.5) is 0 Å². The molecule has 0 saturated heterocycles. The lowest BCUT2D eigenvalue weighted by molar-refractivity contribution is 0.281. The van der Waals surface area contributed by atoms with Crippen molar-refractivity contribution in [2.24, 2.45) is 4.99 Å². The molecule has 0 amide bonds. The molecule has 1 aliphatic rings. The van der Waals surface area contributed by atoms with Crippen molar-refractivity contribution in [2.75, 3.05) is 13.7 Å². The van der Waals surface area contributed by atoms with Gasteiger partial charge in [0, 0.05) is 0 Å². The fraction of sp³-hybridized carbons (Fsp3) is 0.278. The van der Waals surface area contributed by atoms with Crippen LogP contribution in [0.1, 0.15) is 13.8 Å². The highest BCUT2D eigenvalue weighted by molar-refractivity contribution is 7.99. The molecule has 0 fully saturated rings. The predicted octanol–water partition coefficient (Wildman–Crippen LogP) is 3.38. The summed E-state index contributed by atoms with van der Waals surface area (Å²) >= 11 is 0. The summed E-state index contributed by atoms with van der Waals surface area (Å²) < 4.78 is 12.2. The van der Waals surface area contributed by atoms with Crippen molar-refractivity contribution in [3.8, 4) is 0 Å². The molecule has 2 aromatic carbocycles. The minimum Gasteiger partial charge on any atom is -0.447 e. The van der Waals surface area contributed by atoms with E-state index in [9.17, 15) is 0 Å². The molecule has 0 spiro atoms. The van der Waals surface area contributed by atoms with E-state index in [1.807, 2.05) is 36.4 Å². The van der Waals surface area contributed by atoms with Gasteiger partial charge in [0.05, 0.1) is 12.6 Å². The van der Waals surface area contributed by atoms with Crippen molar-refractivity contribution in [2.45, 2.75) is 19.4 Å². The largest absolute Gasteiger partial charge is 0.447 e. The molecular formula is C18H21NO2P+. The molecule has 3 nitrogen and oxygen atoms in total. The lowest BCUT2D eigenvalue weighted by atomic mass is 10.1. The molecule has 0 atom stereocenters. The first-order valence-electron chi connectivity index (χ1n) is 7.38. The molecule has 1 heterocycles. The summed E-state index contributed by atoms with van der Waals surface area (Å²) in [6.45, 7) is 4.76.